The molecule has 1 aromatic heterocycles. The molecule has 0 spiro atoms. The first kappa shape index (κ1) is 16.9. The molecule has 0 radical (unpaired) electrons. The molecule has 0 bridgehead atoms. The summed E-state index contributed by atoms with van der Waals surface area (Å²) in [6.07, 6.45) is 1.17. The van der Waals surface area contributed by atoms with Crippen LogP contribution in [-0.2, 0) is 14.6 Å². The minimum absolute atomic E-state index is 0.147. The molecule has 1 N–H and O–H groups in total. The first-order valence-electron chi connectivity index (χ1n) is 7.00. The number of carbonyl (C=O) groups excluding carboxylic acids is 1. The summed E-state index contributed by atoms with van der Waals surface area (Å²) in [5.41, 5.74) is 0.665. The number of rotatable bonds is 5. The van der Waals surface area contributed by atoms with Crippen LogP contribution >= 0.6 is 23.1 Å². The van der Waals surface area contributed by atoms with Crippen molar-refractivity contribution in [3.8, 4) is 0 Å². The monoisotopic (exact) mass is 378 g/mol. The van der Waals surface area contributed by atoms with Crippen LogP contribution in [0, 0.1) is 0 Å². The van der Waals surface area contributed by atoms with E-state index in [1.54, 1.807) is 12.1 Å². The minimum Gasteiger partial charge on any atom is -0.301 e. The molecule has 0 aliphatic heterocycles. The highest BCUT2D eigenvalue weighted by Crippen LogP contribution is 2.28. The number of thioether (sulfide) groups is 1. The van der Waals surface area contributed by atoms with Crippen molar-refractivity contribution in [2.45, 2.75) is 9.79 Å². The van der Waals surface area contributed by atoms with Gasteiger partial charge in [-0.05, 0) is 30.3 Å². The summed E-state index contributed by atoms with van der Waals surface area (Å²) in [5.74, 6) is 0.139. The van der Waals surface area contributed by atoms with Crippen molar-refractivity contribution in [1.29, 1.82) is 0 Å². The number of nitrogens with one attached hydrogen (secondary N) is 1. The molecule has 8 heteroatoms. The number of carbonyl (C=O) groups is 1. The number of sulfone groups is 1. The number of thiazole rings is 1. The van der Waals surface area contributed by atoms with Crippen LogP contribution in [0.15, 0.2) is 58.3 Å². The maximum Gasteiger partial charge on any atom is 0.236 e. The molecule has 1 amide bonds. The number of hydrogen-bond donors (Lipinski definition) is 1. The van der Waals surface area contributed by atoms with Gasteiger partial charge in [0.25, 0.3) is 0 Å². The highest BCUT2D eigenvalue weighted by atomic mass is 32.2. The van der Waals surface area contributed by atoms with E-state index in [1.807, 2.05) is 30.3 Å². The molecular weight excluding hydrogens is 364 g/mol. The van der Waals surface area contributed by atoms with Gasteiger partial charge in [-0.2, -0.15) is 0 Å². The fourth-order valence-electron chi connectivity index (χ4n) is 2.01. The molecule has 24 heavy (non-hydrogen) atoms. The second-order valence-corrected chi connectivity index (χ2v) is 9.17. The zero-order valence-corrected chi connectivity index (χ0v) is 15.2. The van der Waals surface area contributed by atoms with Gasteiger partial charge in [-0.3, -0.25) is 4.79 Å². The van der Waals surface area contributed by atoms with Gasteiger partial charge in [0.2, 0.25) is 5.91 Å². The van der Waals surface area contributed by atoms with Gasteiger partial charge in [0, 0.05) is 11.2 Å². The smallest absolute Gasteiger partial charge is 0.236 e. The number of hydrogen-bond acceptors (Lipinski definition) is 6. The van der Waals surface area contributed by atoms with Gasteiger partial charge in [-0.1, -0.05) is 29.5 Å². The number of benzene rings is 2. The Morgan fingerprint density at radius 1 is 1.21 bits per heavy atom. The second kappa shape index (κ2) is 6.92. The molecule has 1 heterocycles. The Kier molecular flexibility index (Phi) is 4.88. The van der Waals surface area contributed by atoms with Crippen molar-refractivity contribution in [1.82, 2.24) is 4.98 Å². The maximum absolute atomic E-state index is 12.0. The molecule has 0 unspecified atom stereocenters. The van der Waals surface area contributed by atoms with Crippen LogP contribution in [0.2, 0.25) is 0 Å². The van der Waals surface area contributed by atoms with Gasteiger partial charge in [0.15, 0.2) is 15.0 Å². The molecule has 0 saturated heterocycles. The van der Waals surface area contributed by atoms with Crippen molar-refractivity contribution in [2.75, 3.05) is 17.3 Å². The molecule has 0 atom stereocenters. The van der Waals surface area contributed by atoms with Crippen LogP contribution in [0.5, 0.6) is 0 Å². The first-order chi connectivity index (χ1) is 11.4. The third-order valence-corrected chi connectivity index (χ3v) is 6.20. The number of amides is 1. The summed E-state index contributed by atoms with van der Waals surface area (Å²) in [6.45, 7) is 0. The Morgan fingerprint density at radius 2 is 1.96 bits per heavy atom. The summed E-state index contributed by atoms with van der Waals surface area (Å²) in [6, 6.07) is 14.4. The Bertz CT molecular complexity index is 982. The third-order valence-electron chi connectivity index (χ3n) is 3.15. The number of anilines is 1. The fraction of sp³-hybridized carbons (Fsp3) is 0.125. The zero-order valence-electron chi connectivity index (χ0n) is 12.7. The maximum atomic E-state index is 12.0. The van der Waals surface area contributed by atoms with Gasteiger partial charge in [0.1, 0.15) is 0 Å². The van der Waals surface area contributed by atoms with E-state index in [2.05, 4.69) is 10.3 Å². The van der Waals surface area contributed by atoms with Crippen LogP contribution in [0.1, 0.15) is 0 Å². The lowest BCUT2D eigenvalue weighted by molar-refractivity contribution is -0.113. The summed E-state index contributed by atoms with van der Waals surface area (Å²) in [7, 11) is -3.26. The third kappa shape index (κ3) is 4.14. The van der Waals surface area contributed by atoms with Crippen LogP contribution < -0.4 is 5.32 Å². The molecule has 3 aromatic rings. The van der Waals surface area contributed by atoms with E-state index in [0.29, 0.717) is 10.6 Å². The largest absolute Gasteiger partial charge is 0.301 e. The van der Waals surface area contributed by atoms with E-state index in [0.717, 1.165) is 9.60 Å². The average molecular weight is 379 g/mol. The number of fused-ring (bicyclic) bond motifs is 1. The van der Waals surface area contributed by atoms with E-state index in [9.17, 15) is 13.2 Å². The predicted molar refractivity (Wildman–Crippen MR) is 98.5 cm³/mol. The fourth-order valence-corrected chi connectivity index (χ4v) is 4.37. The quantitative estimate of drug-likeness (QED) is 0.689. The normalized spacial score (nSPS) is 11.5. The number of nitrogens with zero attached hydrogens (tertiary/aromatic N) is 1. The zero-order chi connectivity index (χ0) is 17.2. The highest BCUT2D eigenvalue weighted by Gasteiger charge is 2.12. The lowest BCUT2D eigenvalue weighted by Crippen LogP contribution is -2.13. The van der Waals surface area contributed by atoms with Crippen molar-refractivity contribution in [2.24, 2.45) is 0 Å². The Balaban J connectivity index is 1.70. The first-order valence-corrected chi connectivity index (χ1v) is 10.7. The van der Waals surface area contributed by atoms with E-state index in [-0.39, 0.29) is 16.6 Å². The van der Waals surface area contributed by atoms with Gasteiger partial charge < -0.3 is 5.32 Å². The molecule has 0 aliphatic rings. The van der Waals surface area contributed by atoms with E-state index >= 15 is 0 Å². The molecule has 0 fully saturated rings. The van der Waals surface area contributed by atoms with Gasteiger partial charge in [-0.15, -0.1) is 11.8 Å². The van der Waals surface area contributed by atoms with Crippen molar-refractivity contribution in [3.05, 3.63) is 48.5 Å². The van der Waals surface area contributed by atoms with Crippen LogP contribution in [0.3, 0.4) is 0 Å². The standard InChI is InChI=1S/C16H14N2O3S3/c1-24(20,21)12-7-8-13-14(9-12)23-16(17-13)18-15(19)10-22-11-5-3-2-4-6-11/h2-9H,10H2,1H3,(H,17,18,19). The summed E-state index contributed by atoms with van der Waals surface area (Å²) >= 11 is 2.71. The summed E-state index contributed by atoms with van der Waals surface area (Å²) in [4.78, 5) is 17.6. The molecular formula is C16H14N2O3S3. The van der Waals surface area contributed by atoms with Crippen molar-refractivity contribution < 1.29 is 13.2 Å². The summed E-state index contributed by atoms with van der Waals surface area (Å²) in [5, 5.41) is 3.22. The summed E-state index contributed by atoms with van der Waals surface area (Å²) < 4.78 is 23.9. The van der Waals surface area contributed by atoms with Crippen LogP contribution in [-0.4, -0.2) is 31.3 Å². The Hall–Kier alpha value is -1.90. The number of aromatic nitrogens is 1. The van der Waals surface area contributed by atoms with Crippen molar-refractivity contribution >= 4 is 54.2 Å². The molecule has 124 valence electrons. The van der Waals surface area contributed by atoms with E-state index < -0.39 is 9.84 Å². The molecule has 0 aliphatic carbocycles. The molecule has 5 nitrogen and oxygen atoms in total. The van der Waals surface area contributed by atoms with E-state index in [1.165, 1.54) is 35.4 Å². The second-order valence-electron chi connectivity index (χ2n) is 5.07. The average Bonchev–Trinajstić information content (AvgIpc) is 2.94. The van der Waals surface area contributed by atoms with E-state index in [4.69, 9.17) is 0 Å². The lowest BCUT2D eigenvalue weighted by Gasteiger charge is -2.01. The minimum atomic E-state index is -3.26. The van der Waals surface area contributed by atoms with Crippen LogP contribution in [0.4, 0.5) is 5.13 Å². The molecule has 0 saturated carbocycles. The highest BCUT2D eigenvalue weighted by molar-refractivity contribution is 8.00. The van der Waals surface area contributed by atoms with Gasteiger partial charge in [0.05, 0.1) is 20.9 Å². The molecule has 2 aromatic carbocycles. The Labute approximate surface area is 148 Å². The molecule has 3 rings (SSSR count). The van der Waals surface area contributed by atoms with Gasteiger partial charge >= 0.3 is 0 Å². The lowest BCUT2D eigenvalue weighted by atomic mass is 10.3. The van der Waals surface area contributed by atoms with Crippen LogP contribution in [0.25, 0.3) is 10.2 Å². The van der Waals surface area contributed by atoms with Crippen molar-refractivity contribution in [3.63, 3.8) is 0 Å². The Morgan fingerprint density at radius 3 is 2.67 bits per heavy atom. The predicted octanol–water partition coefficient (Wildman–Crippen LogP) is 3.43. The van der Waals surface area contributed by atoms with Gasteiger partial charge in [-0.25, -0.2) is 13.4 Å². The topological polar surface area (TPSA) is 76.1 Å². The SMILES string of the molecule is CS(=O)(=O)c1ccc2nc(NC(=O)CSc3ccccc3)sc2c1.